The summed E-state index contributed by atoms with van der Waals surface area (Å²) < 4.78 is 0. The van der Waals surface area contributed by atoms with Crippen LogP contribution in [0.15, 0.2) is 59.0 Å². The SMILES string of the molecule is CC(=NNc1ccc(C2=NNC(=O)CC2C)cc1)c1ccncc1. The van der Waals surface area contributed by atoms with Crippen LogP contribution in [0.3, 0.4) is 0 Å². The van der Waals surface area contributed by atoms with Gasteiger partial charge < -0.3 is 0 Å². The minimum absolute atomic E-state index is 0.0366. The zero-order valence-electron chi connectivity index (χ0n) is 13.7. The maximum absolute atomic E-state index is 11.3. The van der Waals surface area contributed by atoms with Crippen LogP contribution in [0.5, 0.6) is 0 Å². The van der Waals surface area contributed by atoms with Crippen molar-refractivity contribution in [2.24, 2.45) is 16.1 Å². The summed E-state index contributed by atoms with van der Waals surface area (Å²) in [4.78, 5) is 15.3. The van der Waals surface area contributed by atoms with Gasteiger partial charge in [0.05, 0.1) is 17.1 Å². The summed E-state index contributed by atoms with van der Waals surface area (Å²) in [5.74, 6) is 0.0787. The van der Waals surface area contributed by atoms with Crippen molar-refractivity contribution in [1.29, 1.82) is 0 Å². The zero-order valence-corrected chi connectivity index (χ0v) is 13.7. The molecule has 1 aromatic carbocycles. The van der Waals surface area contributed by atoms with E-state index in [1.54, 1.807) is 12.4 Å². The largest absolute Gasteiger partial charge is 0.278 e. The van der Waals surface area contributed by atoms with Crippen LogP contribution in [0.4, 0.5) is 5.69 Å². The van der Waals surface area contributed by atoms with Gasteiger partial charge in [0, 0.05) is 30.3 Å². The Bertz CT molecular complexity index is 781. The van der Waals surface area contributed by atoms with Gasteiger partial charge in [-0.05, 0) is 36.8 Å². The molecule has 2 N–H and O–H groups in total. The Kier molecular flexibility index (Phi) is 4.65. The Balaban J connectivity index is 1.70. The monoisotopic (exact) mass is 321 g/mol. The molecule has 24 heavy (non-hydrogen) atoms. The molecule has 6 heteroatoms. The van der Waals surface area contributed by atoms with Crippen LogP contribution in [0.2, 0.25) is 0 Å². The predicted molar refractivity (Wildman–Crippen MR) is 95.0 cm³/mol. The first-order chi connectivity index (χ1) is 11.6. The van der Waals surface area contributed by atoms with Gasteiger partial charge in [0.1, 0.15) is 0 Å². The van der Waals surface area contributed by atoms with Gasteiger partial charge in [-0.15, -0.1) is 0 Å². The van der Waals surface area contributed by atoms with Crippen LogP contribution in [0, 0.1) is 5.92 Å². The molecule has 0 spiro atoms. The first-order valence-electron chi connectivity index (χ1n) is 7.81. The molecule has 1 amide bonds. The molecule has 0 fully saturated rings. The molecule has 0 saturated heterocycles. The highest BCUT2D eigenvalue weighted by Crippen LogP contribution is 2.18. The number of hydrogen-bond acceptors (Lipinski definition) is 5. The number of carbonyl (C=O) groups excluding carboxylic acids is 1. The summed E-state index contributed by atoms with van der Waals surface area (Å²) >= 11 is 0. The normalized spacial score (nSPS) is 17.9. The van der Waals surface area contributed by atoms with E-state index in [1.807, 2.05) is 50.2 Å². The highest BCUT2D eigenvalue weighted by molar-refractivity contribution is 6.05. The minimum atomic E-state index is -0.0366. The highest BCUT2D eigenvalue weighted by Gasteiger charge is 2.21. The van der Waals surface area contributed by atoms with Crippen LogP contribution in [0.25, 0.3) is 0 Å². The summed E-state index contributed by atoms with van der Waals surface area (Å²) in [5, 5.41) is 8.55. The molecule has 0 aliphatic carbocycles. The van der Waals surface area contributed by atoms with Crippen molar-refractivity contribution < 1.29 is 4.79 Å². The molecule has 2 aromatic rings. The number of nitrogens with zero attached hydrogens (tertiary/aromatic N) is 3. The Hall–Kier alpha value is -3.02. The van der Waals surface area contributed by atoms with E-state index in [9.17, 15) is 4.79 Å². The first kappa shape index (κ1) is 15.9. The Morgan fingerprint density at radius 1 is 1.21 bits per heavy atom. The molecule has 3 rings (SSSR count). The lowest BCUT2D eigenvalue weighted by Gasteiger charge is -2.19. The number of rotatable bonds is 4. The summed E-state index contributed by atoms with van der Waals surface area (Å²) in [6.07, 6.45) is 3.95. The number of carbonyl (C=O) groups is 1. The van der Waals surface area contributed by atoms with Crippen molar-refractivity contribution >= 4 is 23.0 Å². The topological polar surface area (TPSA) is 78.7 Å². The number of hydrogen-bond donors (Lipinski definition) is 2. The number of pyridine rings is 1. The van der Waals surface area contributed by atoms with Crippen LogP contribution >= 0.6 is 0 Å². The predicted octanol–water partition coefficient (Wildman–Crippen LogP) is 2.78. The fourth-order valence-electron chi connectivity index (χ4n) is 2.52. The second kappa shape index (κ2) is 7.04. The molecule has 1 aromatic heterocycles. The molecule has 6 nitrogen and oxygen atoms in total. The molecular weight excluding hydrogens is 302 g/mol. The van der Waals surface area contributed by atoms with Gasteiger partial charge in [-0.1, -0.05) is 19.1 Å². The van der Waals surface area contributed by atoms with E-state index in [4.69, 9.17) is 0 Å². The molecular formula is C18H19N5O. The molecule has 0 saturated carbocycles. The number of nitrogens with one attached hydrogen (secondary N) is 2. The van der Waals surface area contributed by atoms with Crippen molar-refractivity contribution in [2.75, 3.05) is 5.43 Å². The first-order valence-corrected chi connectivity index (χ1v) is 7.81. The highest BCUT2D eigenvalue weighted by atomic mass is 16.2. The fourth-order valence-corrected chi connectivity index (χ4v) is 2.52. The molecule has 2 heterocycles. The van der Waals surface area contributed by atoms with E-state index in [0.717, 1.165) is 28.2 Å². The minimum Gasteiger partial charge on any atom is -0.278 e. The number of aromatic nitrogens is 1. The standard InChI is InChI=1S/C18H19N5O/c1-12-11-17(24)22-23-18(12)15-3-5-16(6-4-15)21-20-13(2)14-7-9-19-10-8-14/h3-10,12,21H,11H2,1-2H3,(H,22,24). The van der Waals surface area contributed by atoms with E-state index in [0.29, 0.717) is 6.42 Å². The third-order valence-electron chi connectivity index (χ3n) is 3.89. The van der Waals surface area contributed by atoms with E-state index in [-0.39, 0.29) is 11.8 Å². The lowest BCUT2D eigenvalue weighted by molar-refractivity contribution is -0.121. The van der Waals surface area contributed by atoms with E-state index >= 15 is 0 Å². The molecule has 0 radical (unpaired) electrons. The number of hydrazone groups is 2. The second-order valence-electron chi connectivity index (χ2n) is 5.76. The molecule has 1 unspecified atom stereocenters. The lowest BCUT2D eigenvalue weighted by atomic mass is 9.94. The van der Waals surface area contributed by atoms with Crippen molar-refractivity contribution in [3.63, 3.8) is 0 Å². The van der Waals surface area contributed by atoms with Gasteiger partial charge in [-0.25, -0.2) is 5.43 Å². The van der Waals surface area contributed by atoms with Gasteiger partial charge >= 0.3 is 0 Å². The third kappa shape index (κ3) is 3.65. The van der Waals surface area contributed by atoms with E-state index in [2.05, 4.69) is 26.0 Å². The molecule has 1 aliphatic heterocycles. The summed E-state index contributed by atoms with van der Waals surface area (Å²) in [6, 6.07) is 11.7. The molecule has 122 valence electrons. The van der Waals surface area contributed by atoms with Crippen LogP contribution in [-0.4, -0.2) is 22.3 Å². The van der Waals surface area contributed by atoms with Crippen molar-refractivity contribution in [1.82, 2.24) is 10.4 Å². The van der Waals surface area contributed by atoms with E-state index < -0.39 is 0 Å². The summed E-state index contributed by atoms with van der Waals surface area (Å²) in [5.41, 5.74) is 10.3. The Labute approximate surface area is 140 Å². The van der Waals surface area contributed by atoms with Crippen molar-refractivity contribution in [2.45, 2.75) is 20.3 Å². The van der Waals surface area contributed by atoms with Gasteiger partial charge in [-0.3, -0.25) is 15.2 Å². The number of anilines is 1. The van der Waals surface area contributed by atoms with Gasteiger partial charge in [0.2, 0.25) is 5.91 Å². The van der Waals surface area contributed by atoms with Crippen molar-refractivity contribution in [3.8, 4) is 0 Å². The van der Waals surface area contributed by atoms with Crippen LogP contribution in [0.1, 0.15) is 31.4 Å². The number of amides is 1. The maximum atomic E-state index is 11.3. The number of benzene rings is 1. The second-order valence-corrected chi connectivity index (χ2v) is 5.76. The van der Waals surface area contributed by atoms with Gasteiger partial charge in [0.25, 0.3) is 0 Å². The van der Waals surface area contributed by atoms with Gasteiger partial charge in [-0.2, -0.15) is 10.2 Å². The summed E-state index contributed by atoms with van der Waals surface area (Å²) in [7, 11) is 0. The average molecular weight is 321 g/mol. The third-order valence-corrected chi connectivity index (χ3v) is 3.89. The smallest absolute Gasteiger partial charge is 0.240 e. The van der Waals surface area contributed by atoms with Gasteiger partial charge in [0.15, 0.2) is 0 Å². The fraction of sp³-hybridized carbons (Fsp3) is 0.222. The lowest BCUT2D eigenvalue weighted by Crippen LogP contribution is -2.31. The molecule has 1 aliphatic rings. The maximum Gasteiger partial charge on any atom is 0.240 e. The average Bonchev–Trinajstić information content (AvgIpc) is 2.61. The quantitative estimate of drug-likeness (QED) is 0.671. The van der Waals surface area contributed by atoms with E-state index in [1.165, 1.54) is 0 Å². The van der Waals surface area contributed by atoms with Crippen LogP contribution < -0.4 is 10.9 Å². The van der Waals surface area contributed by atoms with Crippen molar-refractivity contribution in [3.05, 3.63) is 59.9 Å². The molecule has 0 bridgehead atoms. The molecule has 1 atom stereocenters. The Morgan fingerprint density at radius 3 is 2.58 bits per heavy atom. The summed E-state index contributed by atoms with van der Waals surface area (Å²) in [6.45, 7) is 3.95. The zero-order chi connectivity index (χ0) is 16.9. The Morgan fingerprint density at radius 2 is 1.92 bits per heavy atom. The van der Waals surface area contributed by atoms with Crippen LogP contribution in [-0.2, 0) is 4.79 Å².